The van der Waals surface area contributed by atoms with Crippen LogP contribution in [0.3, 0.4) is 0 Å². The molecule has 0 radical (unpaired) electrons. The minimum atomic E-state index is 0.526. The highest BCUT2D eigenvalue weighted by Crippen LogP contribution is 2.08. The van der Waals surface area contributed by atoms with Crippen molar-refractivity contribution in [2.45, 2.75) is 39.9 Å². The molecule has 96 valence electrons. The number of nitrogens with zero attached hydrogens (tertiary/aromatic N) is 2. The van der Waals surface area contributed by atoms with Gasteiger partial charge >= 0.3 is 0 Å². The zero-order chi connectivity index (χ0) is 13.0. The third-order valence-electron chi connectivity index (χ3n) is 3.01. The maximum absolute atomic E-state index is 4.23. The summed E-state index contributed by atoms with van der Waals surface area (Å²) in [6.45, 7) is 8.18. The molecule has 0 aliphatic heterocycles. The summed E-state index contributed by atoms with van der Waals surface area (Å²) in [5, 5.41) is 3.42. The number of aryl methyl sites for hydroxylation is 1. The first kappa shape index (κ1) is 12.8. The molecule has 0 aliphatic carbocycles. The van der Waals surface area contributed by atoms with Crippen LogP contribution < -0.4 is 5.32 Å². The zero-order valence-electron chi connectivity index (χ0n) is 11.4. The molecule has 0 amide bonds. The Balaban J connectivity index is 1.97. The van der Waals surface area contributed by atoms with E-state index in [0.29, 0.717) is 6.04 Å². The van der Waals surface area contributed by atoms with Gasteiger partial charge in [0.05, 0.1) is 0 Å². The normalized spacial score (nSPS) is 11.1. The summed E-state index contributed by atoms with van der Waals surface area (Å²) >= 11 is 0. The van der Waals surface area contributed by atoms with Crippen LogP contribution in [-0.2, 0) is 13.1 Å². The Morgan fingerprint density at radius 2 is 1.83 bits per heavy atom. The fourth-order valence-electron chi connectivity index (χ4n) is 1.85. The van der Waals surface area contributed by atoms with Crippen LogP contribution >= 0.6 is 0 Å². The molecular formula is C15H21N3. The molecular weight excluding hydrogens is 222 g/mol. The summed E-state index contributed by atoms with van der Waals surface area (Å²) in [6, 6.07) is 9.29. The summed E-state index contributed by atoms with van der Waals surface area (Å²) < 4.78 is 2.15. The van der Waals surface area contributed by atoms with Gasteiger partial charge in [0, 0.05) is 31.5 Å². The Kier molecular flexibility index (Phi) is 4.15. The third kappa shape index (κ3) is 3.44. The molecule has 0 unspecified atom stereocenters. The predicted molar refractivity (Wildman–Crippen MR) is 74.5 cm³/mol. The Morgan fingerprint density at radius 1 is 1.17 bits per heavy atom. The average Bonchev–Trinajstić information content (AvgIpc) is 2.74. The molecule has 1 heterocycles. The van der Waals surface area contributed by atoms with Gasteiger partial charge in [-0.25, -0.2) is 4.98 Å². The molecule has 3 heteroatoms. The van der Waals surface area contributed by atoms with Crippen molar-refractivity contribution < 1.29 is 0 Å². The fraction of sp³-hybridized carbons (Fsp3) is 0.400. The van der Waals surface area contributed by atoms with Gasteiger partial charge in [0.2, 0.25) is 0 Å². The molecule has 2 rings (SSSR count). The molecule has 3 nitrogen and oxygen atoms in total. The van der Waals surface area contributed by atoms with Gasteiger partial charge in [-0.3, -0.25) is 0 Å². The number of aromatic nitrogens is 2. The lowest BCUT2D eigenvalue weighted by Gasteiger charge is -2.09. The molecule has 2 aromatic rings. The molecule has 0 bridgehead atoms. The highest BCUT2D eigenvalue weighted by Gasteiger charge is 2.00. The molecule has 1 N–H and O–H groups in total. The SMILES string of the molecule is Cc1nccn1Cc1ccc(CNC(C)C)cc1. The number of hydrogen-bond donors (Lipinski definition) is 1. The average molecular weight is 243 g/mol. The predicted octanol–water partition coefficient (Wildman–Crippen LogP) is 2.74. The van der Waals surface area contributed by atoms with E-state index < -0.39 is 0 Å². The van der Waals surface area contributed by atoms with E-state index in [-0.39, 0.29) is 0 Å². The summed E-state index contributed by atoms with van der Waals surface area (Å²) in [5.74, 6) is 1.06. The van der Waals surface area contributed by atoms with Gasteiger partial charge in [-0.15, -0.1) is 0 Å². The molecule has 0 fully saturated rings. The lowest BCUT2D eigenvalue weighted by molar-refractivity contribution is 0.588. The smallest absolute Gasteiger partial charge is 0.105 e. The first-order valence-corrected chi connectivity index (χ1v) is 6.44. The lowest BCUT2D eigenvalue weighted by atomic mass is 10.1. The van der Waals surface area contributed by atoms with Crippen LogP contribution in [0.2, 0.25) is 0 Å². The van der Waals surface area contributed by atoms with Crippen molar-refractivity contribution in [3.63, 3.8) is 0 Å². The molecule has 0 spiro atoms. The van der Waals surface area contributed by atoms with E-state index in [1.54, 1.807) is 0 Å². The highest BCUT2D eigenvalue weighted by atomic mass is 15.0. The molecule has 1 aromatic carbocycles. The van der Waals surface area contributed by atoms with Crippen molar-refractivity contribution in [3.8, 4) is 0 Å². The number of benzene rings is 1. The molecule has 0 saturated heterocycles. The van der Waals surface area contributed by atoms with Crippen LogP contribution in [0.25, 0.3) is 0 Å². The van der Waals surface area contributed by atoms with Crippen LogP contribution in [0.1, 0.15) is 30.8 Å². The van der Waals surface area contributed by atoms with Crippen LogP contribution in [0.15, 0.2) is 36.7 Å². The van der Waals surface area contributed by atoms with Gasteiger partial charge in [-0.05, 0) is 18.1 Å². The summed E-state index contributed by atoms with van der Waals surface area (Å²) in [4.78, 5) is 4.23. The van der Waals surface area contributed by atoms with Gasteiger partial charge < -0.3 is 9.88 Å². The largest absolute Gasteiger partial charge is 0.331 e. The monoisotopic (exact) mass is 243 g/mol. The maximum Gasteiger partial charge on any atom is 0.105 e. The van der Waals surface area contributed by atoms with Crippen LogP contribution in [0.5, 0.6) is 0 Å². The first-order chi connectivity index (χ1) is 8.65. The summed E-state index contributed by atoms with van der Waals surface area (Å²) in [6.07, 6.45) is 3.86. The van der Waals surface area contributed by atoms with Gasteiger partial charge in [0.25, 0.3) is 0 Å². The maximum atomic E-state index is 4.23. The Labute approximate surface area is 109 Å². The first-order valence-electron chi connectivity index (χ1n) is 6.44. The Bertz CT molecular complexity index is 483. The van der Waals surface area contributed by atoms with Crippen molar-refractivity contribution in [3.05, 3.63) is 53.6 Å². The van der Waals surface area contributed by atoms with Crippen molar-refractivity contribution in [2.24, 2.45) is 0 Å². The molecule has 0 saturated carbocycles. The quantitative estimate of drug-likeness (QED) is 0.875. The van der Waals surface area contributed by atoms with Crippen LogP contribution in [0, 0.1) is 6.92 Å². The van der Waals surface area contributed by atoms with Gasteiger partial charge in [-0.2, -0.15) is 0 Å². The van der Waals surface area contributed by atoms with E-state index in [2.05, 4.69) is 53.0 Å². The Morgan fingerprint density at radius 3 is 2.39 bits per heavy atom. The van der Waals surface area contributed by atoms with Crippen LogP contribution in [0.4, 0.5) is 0 Å². The molecule has 0 aliphatic rings. The lowest BCUT2D eigenvalue weighted by Crippen LogP contribution is -2.21. The second-order valence-electron chi connectivity index (χ2n) is 4.95. The minimum Gasteiger partial charge on any atom is -0.331 e. The van der Waals surface area contributed by atoms with Crippen molar-refractivity contribution in [1.82, 2.24) is 14.9 Å². The van der Waals surface area contributed by atoms with E-state index in [1.165, 1.54) is 11.1 Å². The second kappa shape index (κ2) is 5.83. The van der Waals surface area contributed by atoms with E-state index >= 15 is 0 Å². The fourth-order valence-corrected chi connectivity index (χ4v) is 1.85. The van der Waals surface area contributed by atoms with E-state index in [0.717, 1.165) is 18.9 Å². The highest BCUT2D eigenvalue weighted by molar-refractivity contribution is 5.23. The van der Waals surface area contributed by atoms with Crippen molar-refractivity contribution in [1.29, 1.82) is 0 Å². The second-order valence-corrected chi connectivity index (χ2v) is 4.95. The summed E-state index contributed by atoms with van der Waals surface area (Å²) in [5.41, 5.74) is 2.64. The number of hydrogen-bond acceptors (Lipinski definition) is 2. The van der Waals surface area contributed by atoms with E-state index in [9.17, 15) is 0 Å². The number of imidazole rings is 1. The van der Waals surface area contributed by atoms with Crippen molar-refractivity contribution >= 4 is 0 Å². The third-order valence-corrected chi connectivity index (χ3v) is 3.01. The zero-order valence-corrected chi connectivity index (χ0v) is 11.4. The molecule has 1 aromatic heterocycles. The number of nitrogens with one attached hydrogen (secondary N) is 1. The molecule has 18 heavy (non-hydrogen) atoms. The van der Waals surface area contributed by atoms with Crippen LogP contribution in [-0.4, -0.2) is 15.6 Å². The van der Waals surface area contributed by atoms with Gasteiger partial charge in [0.1, 0.15) is 5.82 Å². The number of rotatable bonds is 5. The van der Waals surface area contributed by atoms with E-state index in [4.69, 9.17) is 0 Å². The van der Waals surface area contributed by atoms with Gasteiger partial charge in [-0.1, -0.05) is 38.1 Å². The van der Waals surface area contributed by atoms with Gasteiger partial charge in [0.15, 0.2) is 0 Å². The van der Waals surface area contributed by atoms with E-state index in [1.807, 2.05) is 19.3 Å². The standard InChI is InChI=1S/C15H21N3/c1-12(2)17-10-14-4-6-15(7-5-14)11-18-9-8-16-13(18)3/h4-9,12,17H,10-11H2,1-3H3. The summed E-state index contributed by atoms with van der Waals surface area (Å²) in [7, 11) is 0. The minimum absolute atomic E-state index is 0.526. The topological polar surface area (TPSA) is 29.9 Å². The Hall–Kier alpha value is -1.61. The molecule has 0 atom stereocenters. The van der Waals surface area contributed by atoms with Crippen molar-refractivity contribution in [2.75, 3.05) is 0 Å².